The molecule has 0 spiro atoms. The Hall–Kier alpha value is -3.03. The van der Waals surface area contributed by atoms with Crippen LogP contribution in [0.1, 0.15) is 42.4 Å². The van der Waals surface area contributed by atoms with Crippen molar-refractivity contribution in [2.75, 3.05) is 5.32 Å². The predicted octanol–water partition coefficient (Wildman–Crippen LogP) is 4.39. The first kappa shape index (κ1) is 25.2. The molecular formula is C20H18Cl2F3N5O2. The first-order valence-electron chi connectivity index (χ1n) is 8.91. The van der Waals surface area contributed by atoms with Crippen LogP contribution in [0.15, 0.2) is 35.5 Å². The molecule has 3 N–H and O–H groups in total. The average Bonchev–Trinajstić information content (AvgIpc) is 2.67. The molecule has 3 rings (SSSR count). The van der Waals surface area contributed by atoms with Crippen LogP contribution in [-0.4, -0.2) is 28.4 Å². The smallest absolute Gasteiger partial charge is 0.315 e. The molecule has 1 amide bonds. The second kappa shape index (κ2) is 8.48. The molecule has 1 aliphatic heterocycles. The SMILES string of the molecule is CC1(C)OC(N)=NC(C)(c2cc(NC(=O)c3ncc(C#N)cc3Cl)ccc2F)C1(F)F.Cl. The van der Waals surface area contributed by atoms with E-state index in [1.165, 1.54) is 12.1 Å². The average molecular weight is 488 g/mol. The van der Waals surface area contributed by atoms with E-state index in [1.807, 2.05) is 6.07 Å². The van der Waals surface area contributed by atoms with Crippen LogP contribution in [0, 0.1) is 17.1 Å². The molecule has 0 fully saturated rings. The Kier molecular flexibility index (Phi) is 6.69. The van der Waals surface area contributed by atoms with E-state index in [-0.39, 0.29) is 34.4 Å². The lowest BCUT2D eigenvalue weighted by Gasteiger charge is -2.46. The van der Waals surface area contributed by atoms with Crippen molar-refractivity contribution in [3.63, 3.8) is 0 Å². The first-order valence-corrected chi connectivity index (χ1v) is 9.29. The molecule has 1 aromatic carbocycles. The Morgan fingerprint density at radius 3 is 2.53 bits per heavy atom. The summed E-state index contributed by atoms with van der Waals surface area (Å²) in [6.45, 7) is 3.27. The molecule has 1 aliphatic rings. The van der Waals surface area contributed by atoms with Gasteiger partial charge in [0.25, 0.3) is 11.9 Å². The number of aliphatic imine (C=N–C) groups is 1. The highest BCUT2D eigenvalue weighted by Gasteiger charge is 2.66. The number of amidine groups is 1. The Labute approximate surface area is 192 Å². The lowest BCUT2D eigenvalue weighted by Crippen LogP contribution is -2.62. The summed E-state index contributed by atoms with van der Waals surface area (Å²) in [6.07, 6.45) is 1.15. The van der Waals surface area contributed by atoms with E-state index in [0.717, 1.165) is 39.1 Å². The van der Waals surface area contributed by atoms with Gasteiger partial charge in [0.1, 0.15) is 17.6 Å². The van der Waals surface area contributed by atoms with Crippen molar-refractivity contribution < 1.29 is 22.7 Å². The van der Waals surface area contributed by atoms with Gasteiger partial charge in [-0.25, -0.2) is 14.4 Å². The Morgan fingerprint density at radius 2 is 1.94 bits per heavy atom. The minimum Gasteiger partial charge on any atom is -0.453 e. The lowest BCUT2D eigenvalue weighted by atomic mass is 9.77. The number of rotatable bonds is 3. The molecule has 2 aromatic rings. The van der Waals surface area contributed by atoms with Crippen molar-refractivity contribution in [1.29, 1.82) is 5.26 Å². The van der Waals surface area contributed by atoms with Crippen molar-refractivity contribution in [3.05, 3.63) is 58.1 Å². The van der Waals surface area contributed by atoms with Gasteiger partial charge < -0.3 is 15.8 Å². The van der Waals surface area contributed by atoms with Gasteiger partial charge in [-0.3, -0.25) is 4.79 Å². The van der Waals surface area contributed by atoms with E-state index in [4.69, 9.17) is 27.3 Å². The summed E-state index contributed by atoms with van der Waals surface area (Å²) in [5, 5.41) is 11.2. The fourth-order valence-corrected chi connectivity index (χ4v) is 3.54. The zero-order chi connectivity index (χ0) is 23.2. The molecule has 0 aliphatic carbocycles. The number of benzene rings is 1. The van der Waals surface area contributed by atoms with Gasteiger partial charge >= 0.3 is 5.92 Å². The maximum atomic E-state index is 15.3. The fourth-order valence-electron chi connectivity index (χ4n) is 3.29. The number of carbonyl (C=O) groups is 1. The number of nitriles is 1. The van der Waals surface area contributed by atoms with E-state index in [2.05, 4.69) is 15.3 Å². The molecule has 0 saturated heterocycles. The predicted molar refractivity (Wildman–Crippen MR) is 115 cm³/mol. The van der Waals surface area contributed by atoms with Crippen molar-refractivity contribution in [2.24, 2.45) is 10.7 Å². The third kappa shape index (κ3) is 4.06. The molecule has 1 unspecified atom stereocenters. The van der Waals surface area contributed by atoms with Gasteiger partial charge in [-0.05, 0) is 45.0 Å². The van der Waals surface area contributed by atoms with Crippen LogP contribution in [0.5, 0.6) is 0 Å². The zero-order valence-corrected chi connectivity index (χ0v) is 18.6. The minimum atomic E-state index is -3.66. The highest BCUT2D eigenvalue weighted by Crippen LogP contribution is 2.51. The number of anilines is 1. The molecule has 0 bridgehead atoms. The van der Waals surface area contributed by atoms with Crippen molar-refractivity contribution in [2.45, 2.75) is 37.8 Å². The van der Waals surface area contributed by atoms with Crippen molar-refractivity contribution in [1.82, 2.24) is 4.98 Å². The maximum absolute atomic E-state index is 15.3. The summed E-state index contributed by atoms with van der Waals surface area (Å²) in [5.74, 6) is -5.41. The molecule has 1 atom stereocenters. The molecule has 0 radical (unpaired) electrons. The molecule has 170 valence electrons. The number of hydrogen-bond acceptors (Lipinski definition) is 6. The van der Waals surface area contributed by atoms with Crippen LogP contribution >= 0.6 is 24.0 Å². The molecule has 7 nitrogen and oxygen atoms in total. The Bertz CT molecular complexity index is 1150. The molecule has 0 saturated carbocycles. The summed E-state index contributed by atoms with van der Waals surface area (Å²) < 4.78 is 50.2. The zero-order valence-electron chi connectivity index (χ0n) is 17.0. The van der Waals surface area contributed by atoms with Gasteiger partial charge in [-0.1, -0.05) is 11.6 Å². The second-order valence-corrected chi connectivity index (χ2v) is 7.93. The van der Waals surface area contributed by atoms with Gasteiger partial charge in [-0.15, -0.1) is 12.4 Å². The molecule has 2 heterocycles. The van der Waals surface area contributed by atoms with Gasteiger partial charge in [0.15, 0.2) is 11.1 Å². The molecular weight excluding hydrogens is 470 g/mol. The van der Waals surface area contributed by atoms with E-state index in [9.17, 15) is 9.18 Å². The first-order chi connectivity index (χ1) is 14.3. The van der Waals surface area contributed by atoms with E-state index >= 15 is 8.78 Å². The third-order valence-electron chi connectivity index (χ3n) is 5.00. The summed E-state index contributed by atoms with van der Waals surface area (Å²) in [7, 11) is 0. The van der Waals surface area contributed by atoms with Crippen LogP contribution in [0.2, 0.25) is 5.02 Å². The van der Waals surface area contributed by atoms with Crippen LogP contribution in [0.25, 0.3) is 0 Å². The van der Waals surface area contributed by atoms with E-state index < -0.39 is 40.4 Å². The van der Waals surface area contributed by atoms with Gasteiger partial charge in [0, 0.05) is 17.4 Å². The van der Waals surface area contributed by atoms with E-state index in [0.29, 0.717) is 0 Å². The largest absolute Gasteiger partial charge is 0.453 e. The number of halogens is 5. The molecule has 32 heavy (non-hydrogen) atoms. The fraction of sp³-hybridized carbons (Fsp3) is 0.300. The monoisotopic (exact) mass is 487 g/mol. The number of ether oxygens (including phenoxy) is 1. The summed E-state index contributed by atoms with van der Waals surface area (Å²) >= 11 is 5.98. The van der Waals surface area contributed by atoms with E-state index in [1.54, 1.807) is 0 Å². The van der Waals surface area contributed by atoms with Crippen LogP contribution in [-0.2, 0) is 10.3 Å². The number of hydrogen-bond donors (Lipinski definition) is 2. The summed E-state index contributed by atoms with van der Waals surface area (Å²) in [5.41, 5.74) is 0.568. The summed E-state index contributed by atoms with van der Waals surface area (Å²) in [4.78, 5) is 20.1. The minimum absolute atomic E-state index is 0. The van der Waals surface area contributed by atoms with Crippen molar-refractivity contribution >= 4 is 41.6 Å². The molecule has 1 aromatic heterocycles. The highest BCUT2D eigenvalue weighted by molar-refractivity contribution is 6.34. The van der Waals surface area contributed by atoms with Crippen LogP contribution in [0.4, 0.5) is 18.9 Å². The van der Waals surface area contributed by atoms with Gasteiger partial charge in [0.2, 0.25) is 0 Å². The maximum Gasteiger partial charge on any atom is 0.315 e. The normalized spacial score (nSPS) is 20.8. The topological polar surface area (TPSA) is 113 Å². The quantitative estimate of drug-likeness (QED) is 0.665. The number of aromatic nitrogens is 1. The Morgan fingerprint density at radius 1 is 1.28 bits per heavy atom. The van der Waals surface area contributed by atoms with Crippen molar-refractivity contribution in [3.8, 4) is 6.07 Å². The molecule has 12 heteroatoms. The van der Waals surface area contributed by atoms with Gasteiger partial charge in [0.05, 0.1) is 10.6 Å². The number of carbonyl (C=O) groups excluding carboxylic acids is 1. The Balaban J connectivity index is 0.00000363. The number of amides is 1. The van der Waals surface area contributed by atoms with Crippen LogP contribution in [0.3, 0.4) is 0 Å². The second-order valence-electron chi connectivity index (χ2n) is 7.52. The standard InChI is InChI=1S/C20H17ClF3N5O2.ClH/c1-18(2)20(23,24)19(3,29-17(26)31-18)12-7-11(4-5-14(12)22)28-16(30)15-13(21)6-10(8-25)9-27-15;/h4-7,9H,1-3H3,(H2,26,29)(H,28,30);1H. The van der Waals surface area contributed by atoms with Crippen LogP contribution < -0.4 is 11.1 Å². The van der Waals surface area contributed by atoms with Gasteiger partial charge in [-0.2, -0.15) is 14.0 Å². The number of nitrogens with two attached hydrogens (primary N) is 1. The summed E-state index contributed by atoms with van der Waals surface area (Å²) in [6, 6.07) is 5.72. The lowest BCUT2D eigenvalue weighted by molar-refractivity contribution is -0.207. The number of nitrogens with one attached hydrogen (secondary N) is 1. The number of pyridine rings is 1. The number of nitrogens with zero attached hydrogens (tertiary/aromatic N) is 3. The highest BCUT2D eigenvalue weighted by atomic mass is 35.5. The number of alkyl halides is 2. The third-order valence-corrected chi connectivity index (χ3v) is 5.28.